The van der Waals surface area contributed by atoms with E-state index in [1.807, 2.05) is 6.92 Å². The van der Waals surface area contributed by atoms with Gasteiger partial charge in [-0.3, -0.25) is 0 Å². The molecule has 0 aliphatic rings. The normalized spacial score (nSPS) is 13.8. The number of nitrogens with zero attached hydrogens (tertiary/aromatic N) is 1. The molecule has 72 heavy (non-hydrogen) atoms. The molecule has 0 bridgehead atoms. The highest BCUT2D eigenvalue weighted by Crippen LogP contribution is 2.48. The molecule has 0 fully saturated rings. The fourth-order valence-electron chi connectivity index (χ4n) is 6.51. The van der Waals surface area contributed by atoms with Gasteiger partial charge in [-0.15, -0.1) is 6.07 Å². The van der Waals surface area contributed by atoms with Gasteiger partial charge in [0.2, 0.25) is 0 Å². The summed E-state index contributed by atoms with van der Waals surface area (Å²) in [5.41, 5.74) is -16.2. The first kappa shape index (κ1) is 60.9. The first-order valence-corrected chi connectivity index (χ1v) is 20.2. The summed E-state index contributed by atoms with van der Waals surface area (Å²) in [5, 5.41) is 0. The molecule has 4 nitrogen and oxygen atoms in total. The zero-order chi connectivity index (χ0) is 55.4. The molecule has 1 atom stereocenters. The largest absolute Gasteiger partial charge is 0.864 e. The second-order valence-electron chi connectivity index (χ2n) is 16.4. The van der Waals surface area contributed by atoms with E-state index in [2.05, 4.69) is 0 Å². The van der Waals surface area contributed by atoms with Gasteiger partial charge in [-0.2, -0.15) is 124 Å². The zero-order valence-electron chi connectivity index (χ0n) is 37.0. The summed E-state index contributed by atoms with van der Waals surface area (Å²) in [6, 6.07) is -0.525. The van der Waals surface area contributed by atoms with Gasteiger partial charge in [0, 0.05) is 6.42 Å². The van der Waals surface area contributed by atoms with Crippen molar-refractivity contribution in [1.82, 2.24) is 0 Å². The Kier molecular flexibility index (Phi) is 18.6. The highest BCUT2D eigenvalue weighted by Gasteiger charge is 2.47. The molecule has 4 aromatic rings. The minimum atomic E-state index is -5.63. The monoisotopic (exact) mass is 1080 g/mol. The van der Waals surface area contributed by atoms with Crippen LogP contribution < -0.4 is 14.0 Å². The number of unbranched alkanes of at least 4 members (excludes halogenated alkanes) is 4. The number of rotatable bonds is 14. The van der Waals surface area contributed by atoms with Crippen LogP contribution in [0.2, 0.25) is 0 Å². The summed E-state index contributed by atoms with van der Waals surface area (Å²) in [7, 11) is 0.706. The predicted molar refractivity (Wildman–Crippen MR) is 206 cm³/mol. The van der Waals surface area contributed by atoms with Crippen LogP contribution in [0, 0.1) is 6.07 Å². The first-order valence-electron chi connectivity index (χ1n) is 20.2. The molecule has 0 aromatic heterocycles. The lowest BCUT2D eigenvalue weighted by atomic mass is 9.90. The molecule has 0 saturated heterocycles. The summed E-state index contributed by atoms with van der Waals surface area (Å²) >= 11 is 0. The number of alkyl halides is 24. The molecule has 0 aliphatic carbocycles. The van der Waals surface area contributed by atoms with Gasteiger partial charge in [-0.05, 0) is 55.0 Å². The molecule has 402 valence electrons. The first-order chi connectivity index (χ1) is 32.3. The second-order valence-corrected chi connectivity index (χ2v) is 16.4. The molecule has 0 radical (unpaired) electrons. The van der Waals surface area contributed by atoms with E-state index in [1.165, 1.54) is 21.1 Å². The highest BCUT2D eigenvalue weighted by atomic mass is 19.4. The summed E-state index contributed by atoms with van der Waals surface area (Å²) in [4.78, 5) is 0. The Hall–Kier alpha value is -5.38. The molecule has 0 heterocycles. The number of hydrogen-bond acceptors (Lipinski definition) is 3. The van der Waals surface area contributed by atoms with E-state index in [1.54, 1.807) is 6.07 Å². The van der Waals surface area contributed by atoms with E-state index in [0.717, 1.165) is 6.42 Å². The van der Waals surface area contributed by atoms with Crippen molar-refractivity contribution in [1.29, 1.82) is 0 Å². The third kappa shape index (κ3) is 17.7. The van der Waals surface area contributed by atoms with Gasteiger partial charge in [-0.1, -0.05) is 43.7 Å². The van der Waals surface area contributed by atoms with E-state index in [9.17, 15) is 105 Å². The van der Waals surface area contributed by atoms with Crippen LogP contribution in [0.4, 0.5) is 105 Å². The van der Waals surface area contributed by atoms with Crippen LogP contribution in [0.15, 0.2) is 66.7 Å². The Morgan fingerprint density at radius 3 is 1.07 bits per heavy atom. The third-order valence-corrected chi connectivity index (χ3v) is 9.88. The van der Waals surface area contributed by atoms with Crippen molar-refractivity contribution in [3.8, 4) is 17.2 Å². The number of benzene rings is 4. The molecule has 0 spiro atoms. The third-order valence-electron chi connectivity index (χ3n) is 9.88. The van der Waals surface area contributed by atoms with Crippen molar-refractivity contribution in [3.63, 3.8) is 0 Å². The van der Waals surface area contributed by atoms with E-state index in [0.29, 0.717) is 31.4 Å². The maximum atomic E-state index is 14.8. The number of hydrogen-bond donors (Lipinski definition) is 0. The van der Waals surface area contributed by atoms with Crippen LogP contribution in [-0.4, -0.2) is 32.9 Å². The minimum Gasteiger partial charge on any atom is -0.490 e. The summed E-state index contributed by atoms with van der Waals surface area (Å²) in [5.74, 6) is -4.65. The van der Waals surface area contributed by atoms with Gasteiger partial charge >= 0.3 is 56.7 Å². The van der Waals surface area contributed by atoms with E-state index in [4.69, 9.17) is 14.0 Å². The van der Waals surface area contributed by atoms with Crippen molar-refractivity contribution in [3.05, 3.63) is 123 Å². The second kappa shape index (κ2) is 22.0. The minimum absolute atomic E-state index is 0.0510. The van der Waals surface area contributed by atoms with Gasteiger partial charge < -0.3 is 18.4 Å². The summed E-state index contributed by atoms with van der Waals surface area (Å²) in [6.45, 7) is 1.85. The lowest BCUT2D eigenvalue weighted by molar-refractivity contribution is -0.902. The standard InChI is InChI=1S/C35H33BF18NO3.C8H3F6/c1-5-6-7-8-9-10-27(55(2,3)4)29-26(35(52,53)54)17-23(34(49,50)51)18-28(29)58-36(56-24-13-19(30(37,38)39)11-20(14-24)31(40,41)42)57-25-15-21(32(43,44)45)12-22(16-25)33(46,47)48;9-7(10,11)5-2-1-3-6(4-5)8(12,13)14/h11-18,27H,5-10H2,1-4H3;2-4H/q+1;-1. The van der Waals surface area contributed by atoms with Crippen molar-refractivity contribution in [2.75, 3.05) is 21.1 Å². The molecule has 0 amide bonds. The van der Waals surface area contributed by atoms with Gasteiger partial charge in [-0.25, -0.2) is 0 Å². The molecule has 4 aromatic carbocycles. The Balaban J connectivity index is 0.000000838. The fourth-order valence-corrected chi connectivity index (χ4v) is 6.51. The van der Waals surface area contributed by atoms with E-state index >= 15 is 0 Å². The Morgan fingerprint density at radius 1 is 0.417 bits per heavy atom. The predicted octanol–water partition coefficient (Wildman–Crippen LogP) is 17.0. The molecule has 0 saturated carbocycles. The smallest absolute Gasteiger partial charge is 0.490 e. The van der Waals surface area contributed by atoms with E-state index in [-0.39, 0.29) is 55.3 Å². The molecule has 1 unspecified atom stereocenters. The van der Waals surface area contributed by atoms with Gasteiger partial charge in [0.1, 0.15) is 23.3 Å². The highest BCUT2D eigenvalue weighted by molar-refractivity contribution is 6.39. The molecule has 0 aliphatic heterocycles. The molecule has 29 heteroatoms. The average Bonchev–Trinajstić information content (AvgIpc) is 3.19. The van der Waals surface area contributed by atoms with Crippen LogP contribution in [0.1, 0.15) is 102 Å². The molecular weight excluding hydrogens is 1050 g/mol. The zero-order valence-corrected chi connectivity index (χ0v) is 37.0. The van der Waals surface area contributed by atoms with Crippen LogP contribution in [0.25, 0.3) is 0 Å². The van der Waals surface area contributed by atoms with Crippen molar-refractivity contribution >= 4 is 7.32 Å². The van der Waals surface area contributed by atoms with Crippen molar-refractivity contribution in [2.24, 2.45) is 0 Å². The van der Waals surface area contributed by atoms with Gasteiger partial charge in [0.25, 0.3) is 0 Å². The lowest BCUT2D eigenvalue weighted by Crippen LogP contribution is -2.42. The fraction of sp³-hybridized carbons (Fsp3) is 0.442. The molecular formula is C43H36BF24NO3. The van der Waals surface area contributed by atoms with Crippen LogP contribution >= 0.6 is 0 Å². The number of quaternary nitrogens is 1. The van der Waals surface area contributed by atoms with Crippen molar-refractivity contribution < 1.29 is 124 Å². The van der Waals surface area contributed by atoms with Gasteiger partial charge in [0.15, 0.2) is 0 Å². The topological polar surface area (TPSA) is 27.7 Å². The average molecular weight is 1080 g/mol. The maximum Gasteiger partial charge on any atom is 0.864 e. The SMILES string of the molecule is CCCCCCCC(c1c(OB(Oc2cc(C(F)(F)F)cc(C(F)(F)F)c2)Oc2cc(C(F)(F)F)cc(C(F)(F)F)c2)cc(C(F)(F)F)cc1C(F)(F)F)[N+](C)(C)C.FC(F)(F)c1c[c-]cc(C(F)(F)F)c1. The summed E-state index contributed by atoms with van der Waals surface area (Å²) < 4.78 is 338. The molecule has 4 rings (SSSR count). The van der Waals surface area contributed by atoms with Crippen LogP contribution in [-0.2, 0) is 49.4 Å². The number of halogens is 24. The molecule has 0 N–H and O–H groups in total. The van der Waals surface area contributed by atoms with Crippen LogP contribution in [0.3, 0.4) is 0 Å². The van der Waals surface area contributed by atoms with E-state index < -0.39 is 147 Å². The summed E-state index contributed by atoms with van der Waals surface area (Å²) in [6.07, 6.45) is -40.7. The Morgan fingerprint density at radius 2 is 0.750 bits per heavy atom. The van der Waals surface area contributed by atoms with Crippen molar-refractivity contribution in [2.45, 2.75) is 101 Å². The van der Waals surface area contributed by atoms with Crippen LogP contribution in [0.5, 0.6) is 17.2 Å². The maximum absolute atomic E-state index is 14.8. The Labute approximate surface area is 393 Å². The lowest BCUT2D eigenvalue weighted by Gasteiger charge is -2.37. The Bertz CT molecular complexity index is 2250. The quantitative estimate of drug-likeness (QED) is 0.0414. The van der Waals surface area contributed by atoms with Gasteiger partial charge in [0.05, 0.1) is 60.1 Å².